The van der Waals surface area contributed by atoms with Gasteiger partial charge in [-0.05, 0) is 50.7 Å². The summed E-state index contributed by atoms with van der Waals surface area (Å²) in [5.41, 5.74) is 1.70. The first-order valence-electron chi connectivity index (χ1n) is 9.82. The number of nitrogens with zero attached hydrogens (tertiary/aromatic N) is 1. The van der Waals surface area contributed by atoms with E-state index in [2.05, 4.69) is 34.2 Å². The van der Waals surface area contributed by atoms with Gasteiger partial charge >= 0.3 is 0 Å². The molecule has 27 heavy (non-hydrogen) atoms. The zero-order valence-corrected chi connectivity index (χ0v) is 18.2. The van der Waals surface area contributed by atoms with E-state index in [1.54, 1.807) is 0 Å². The summed E-state index contributed by atoms with van der Waals surface area (Å²) in [4.78, 5) is 4.63. The Morgan fingerprint density at radius 3 is 2.33 bits per heavy atom. The molecule has 3 N–H and O–H groups in total. The van der Waals surface area contributed by atoms with Gasteiger partial charge in [0.1, 0.15) is 0 Å². The van der Waals surface area contributed by atoms with Crippen LogP contribution < -0.4 is 15.4 Å². The third-order valence-corrected chi connectivity index (χ3v) is 5.40. The minimum atomic E-state index is -3.36. The minimum Gasteiger partial charge on any atom is -0.357 e. The lowest BCUT2D eigenvalue weighted by Crippen LogP contribution is -2.37. The maximum Gasteiger partial charge on any atom is 0.216 e. The summed E-state index contributed by atoms with van der Waals surface area (Å²) in [6, 6.07) is 7.46. The number of nitrogens with one attached hydrogen (secondary N) is 3. The molecule has 0 amide bonds. The van der Waals surface area contributed by atoms with Crippen LogP contribution in [-0.4, -0.2) is 33.5 Å². The largest absolute Gasteiger partial charge is 0.357 e. The maximum atomic E-state index is 12.3. The molecular formula is C20H36N4O2S. The first-order chi connectivity index (χ1) is 12.7. The van der Waals surface area contributed by atoms with Gasteiger partial charge in [0.15, 0.2) is 5.96 Å². The van der Waals surface area contributed by atoms with Crippen molar-refractivity contribution < 1.29 is 8.42 Å². The van der Waals surface area contributed by atoms with Crippen LogP contribution >= 0.6 is 0 Å². The number of hydrogen-bond donors (Lipinski definition) is 3. The Morgan fingerprint density at radius 1 is 1.07 bits per heavy atom. The maximum absolute atomic E-state index is 12.3. The summed E-state index contributed by atoms with van der Waals surface area (Å²) in [6.07, 6.45) is 2.27. The van der Waals surface area contributed by atoms with Crippen molar-refractivity contribution in [2.24, 2.45) is 10.9 Å². The number of hydrogen-bond acceptors (Lipinski definition) is 3. The van der Waals surface area contributed by atoms with Gasteiger partial charge in [-0.1, -0.05) is 38.1 Å². The fourth-order valence-electron chi connectivity index (χ4n) is 2.68. The molecule has 0 saturated carbocycles. The van der Waals surface area contributed by atoms with E-state index in [0.717, 1.165) is 36.6 Å². The minimum absolute atomic E-state index is 0.0325. The van der Waals surface area contributed by atoms with Gasteiger partial charge in [-0.15, -0.1) is 0 Å². The number of aliphatic imine (C=N–C) groups is 1. The summed E-state index contributed by atoms with van der Waals surface area (Å²) in [6.45, 7) is 12.2. The van der Waals surface area contributed by atoms with Crippen LogP contribution in [0.5, 0.6) is 0 Å². The Labute approximate surface area is 165 Å². The van der Waals surface area contributed by atoms with Gasteiger partial charge in [-0.25, -0.2) is 18.1 Å². The zero-order chi connectivity index (χ0) is 20.3. The molecule has 0 fully saturated rings. The predicted octanol–water partition coefficient (Wildman–Crippen LogP) is 3.01. The van der Waals surface area contributed by atoms with Crippen molar-refractivity contribution in [1.29, 1.82) is 0 Å². The van der Waals surface area contributed by atoms with Gasteiger partial charge < -0.3 is 10.6 Å². The Hall–Kier alpha value is -1.60. The summed E-state index contributed by atoms with van der Waals surface area (Å²) in [5, 5.41) is 6.59. The van der Waals surface area contributed by atoms with Crippen LogP contribution in [0.3, 0.4) is 0 Å². The van der Waals surface area contributed by atoms with Crippen LogP contribution in [0.2, 0.25) is 0 Å². The molecule has 1 aromatic carbocycles. The molecular weight excluding hydrogens is 360 g/mol. The zero-order valence-electron chi connectivity index (χ0n) is 17.4. The molecule has 154 valence electrons. The average molecular weight is 397 g/mol. The lowest BCUT2D eigenvalue weighted by Gasteiger charge is -2.14. The quantitative estimate of drug-likeness (QED) is 0.305. The molecule has 6 nitrogen and oxygen atoms in total. The smallest absolute Gasteiger partial charge is 0.216 e. The van der Waals surface area contributed by atoms with Crippen molar-refractivity contribution in [3.05, 3.63) is 35.4 Å². The molecule has 0 aliphatic rings. The van der Waals surface area contributed by atoms with Crippen LogP contribution in [0, 0.1) is 5.92 Å². The monoisotopic (exact) mass is 396 g/mol. The van der Waals surface area contributed by atoms with Crippen LogP contribution in [0.15, 0.2) is 29.3 Å². The van der Waals surface area contributed by atoms with Crippen molar-refractivity contribution >= 4 is 16.0 Å². The van der Waals surface area contributed by atoms with Gasteiger partial charge in [0.2, 0.25) is 10.0 Å². The second-order valence-electron chi connectivity index (χ2n) is 7.46. The summed E-state index contributed by atoms with van der Waals surface area (Å²) in [7, 11) is -3.36. The summed E-state index contributed by atoms with van der Waals surface area (Å²) in [5.74, 6) is 1.42. The molecule has 0 unspecified atom stereocenters. The highest BCUT2D eigenvalue weighted by Crippen LogP contribution is 2.13. The molecule has 0 radical (unpaired) electrons. The number of guanidine groups is 1. The highest BCUT2D eigenvalue weighted by Gasteiger charge is 2.15. The van der Waals surface area contributed by atoms with Gasteiger partial charge in [-0.3, -0.25) is 0 Å². The van der Waals surface area contributed by atoms with Crippen LogP contribution in [-0.2, 0) is 22.3 Å². The molecule has 0 heterocycles. The van der Waals surface area contributed by atoms with E-state index in [-0.39, 0.29) is 11.8 Å². The molecule has 0 atom stereocenters. The van der Waals surface area contributed by atoms with E-state index in [1.165, 1.54) is 6.42 Å². The first-order valence-corrected chi connectivity index (χ1v) is 11.5. The topological polar surface area (TPSA) is 82.6 Å². The SMILES string of the molecule is CCNC(=NCc1ccccc1CS(=O)(=O)NC(C)C)NCCCC(C)C. The van der Waals surface area contributed by atoms with Crippen molar-refractivity contribution in [2.45, 2.75) is 65.8 Å². The molecule has 7 heteroatoms. The second-order valence-corrected chi connectivity index (χ2v) is 9.21. The van der Waals surface area contributed by atoms with E-state index < -0.39 is 10.0 Å². The van der Waals surface area contributed by atoms with E-state index >= 15 is 0 Å². The lowest BCUT2D eigenvalue weighted by atomic mass is 10.1. The normalized spacial score (nSPS) is 12.6. The number of rotatable bonds is 11. The molecule has 1 rings (SSSR count). The van der Waals surface area contributed by atoms with Gasteiger partial charge in [0.25, 0.3) is 0 Å². The predicted molar refractivity (Wildman–Crippen MR) is 114 cm³/mol. The molecule has 0 saturated heterocycles. The fourth-order valence-corrected chi connectivity index (χ4v) is 4.17. The molecule has 0 bridgehead atoms. The Morgan fingerprint density at radius 2 is 1.74 bits per heavy atom. The van der Waals surface area contributed by atoms with Crippen molar-refractivity contribution in [3.63, 3.8) is 0 Å². The average Bonchev–Trinajstić information content (AvgIpc) is 2.55. The van der Waals surface area contributed by atoms with Gasteiger partial charge in [0, 0.05) is 19.1 Å². The van der Waals surface area contributed by atoms with Crippen molar-refractivity contribution in [3.8, 4) is 0 Å². The molecule has 0 aliphatic heterocycles. The fraction of sp³-hybridized carbons (Fsp3) is 0.650. The summed E-state index contributed by atoms with van der Waals surface area (Å²) >= 11 is 0. The van der Waals surface area contributed by atoms with Gasteiger partial charge in [0.05, 0.1) is 12.3 Å². The highest BCUT2D eigenvalue weighted by molar-refractivity contribution is 7.88. The standard InChI is InChI=1S/C20H36N4O2S/c1-6-21-20(22-13-9-10-16(2)3)23-14-18-11-7-8-12-19(18)15-27(25,26)24-17(4)5/h7-8,11-12,16-17,24H,6,9-10,13-15H2,1-5H3,(H2,21,22,23). The molecule has 0 spiro atoms. The Balaban J connectivity index is 2.79. The van der Waals surface area contributed by atoms with Crippen LogP contribution in [0.25, 0.3) is 0 Å². The lowest BCUT2D eigenvalue weighted by molar-refractivity contribution is 0.549. The Bertz CT molecular complexity index is 685. The van der Waals surface area contributed by atoms with Crippen LogP contribution in [0.4, 0.5) is 0 Å². The second kappa shape index (κ2) is 12.0. The molecule has 0 aromatic heterocycles. The van der Waals surface area contributed by atoms with Crippen molar-refractivity contribution in [1.82, 2.24) is 15.4 Å². The van der Waals surface area contributed by atoms with E-state index in [4.69, 9.17) is 0 Å². The van der Waals surface area contributed by atoms with E-state index in [0.29, 0.717) is 12.5 Å². The molecule has 1 aromatic rings. The third-order valence-electron chi connectivity index (χ3n) is 3.88. The molecule has 0 aliphatic carbocycles. The van der Waals surface area contributed by atoms with E-state index in [1.807, 2.05) is 45.0 Å². The summed E-state index contributed by atoms with van der Waals surface area (Å²) < 4.78 is 27.2. The third kappa shape index (κ3) is 10.3. The first kappa shape index (κ1) is 23.4. The Kier molecular flexibility index (Phi) is 10.4. The highest BCUT2D eigenvalue weighted by atomic mass is 32.2. The van der Waals surface area contributed by atoms with E-state index in [9.17, 15) is 8.42 Å². The van der Waals surface area contributed by atoms with Crippen LogP contribution in [0.1, 0.15) is 58.6 Å². The number of sulfonamides is 1. The van der Waals surface area contributed by atoms with Gasteiger partial charge in [-0.2, -0.15) is 0 Å². The van der Waals surface area contributed by atoms with Crippen molar-refractivity contribution in [2.75, 3.05) is 13.1 Å². The number of benzene rings is 1.